The largest absolute Gasteiger partial charge is 0.494 e. The molecule has 0 saturated carbocycles. The van der Waals surface area contributed by atoms with E-state index in [1.807, 2.05) is 45.0 Å². The van der Waals surface area contributed by atoms with Gasteiger partial charge in [0.25, 0.3) is 5.91 Å². The Morgan fingerprint density at radius 3 is 2.64 bits per heavy atom. The lowest BCUT2D eigenvalue weighted by Gasteiger charge is -2.04. The van der Waals surface area contributed by atoms with Crippen LogP contribution in [0.15, 0.2) is 36.5 Å². The number of amides is 1. The van der Waals surface area contributed by atoms with Gasteiger partial charge in [-0.05, 0) is 51.1 Å². The normalized spacial score (nSPS) is 10.7. The maximum atomic E-state index is 12.3. The van der Waals surface area contributed by atoms with Gasteiger partial charge in [-0.3, -0.25) is 14.8 Å². The molecule has 6 nitrogen and oxygen atoms in total. The first-order valence-corrected chi connectivity index (χ1v) is 8.97. The van der Waals surface area contributed by atoms with Crippen LogP contribution in [0.3, 0.4) is 0 Å². The number of thiazole rings is 1. The molecule has 0 aliphatic heterocycles. The summed E-state index contributed by atoms with van der Waals surface area (Å²) >= 11 is 1.45. The van der Waals surface area contributed by atoms with Gasteiger partial charge >= 0.3 is 0 Å². The lowest BCUT2D eigenvalue weighted by Crippen LogP contribution is -2.13. The Labute approximate surface area is 150 Å². The fourth-order valence-corrected chi connectivity index (χ4v) is 3.24. The number of carbonyl (C=O) groups excluding carboxylic acids is 1. The Balaban J connectivity index is 1.76. The van der Waals surface area contributed by atoms with Gasteiger partial charge < -0.3 is 4.74 Å². The van der Waals surface area contributed by atoms with Gasteiger partial charge in [0.1, 0.15) is 5.75 Å². The van der Waals surface area contributed by atoms with E-state index in [-0.39, 0.29) is 5.91 Å². The molecule has 0 bridgehead atoms. The summed E-state index contributed by atoms with van der Waals surface area (Å²) < 4.78 is 7.18. The fraction of sp³-hybridized carbons (Fsp3) is 0.278. The second kappa shape index (κ2) is 7.48. The molecule has 130 valence electrons. The summed E-state index contributed by atoms with van der Waals surface area (Å²) in [6.07, 6.45) is 1.79. The van der Waals surface area contributed by atoms with E-state index in [2.05, 4.69) is 15.4 Å². The van der Waals surface area contributed by atoms with Crippen LogP contribution >= 0.6 is 11.3 Å². The van der Waals surface area contributed by atoms with E-state index in [1.54, 1.807) is 16.9 Å². The van der Waals surface area contributed by atoms with Gasteiger partial charge in [-0.1, -0.05) is 0 Å². The van der Waals surface area contributed by atoms with Gasteiger partial charge in [0.15, 0.2) is 10.8 Å². The third kappa shape index (κ3) is 3.88. The molecule has 3 aromatic rings. The molecule has 0 radical (unpaired) electrons. The van der Waals surface area contributed by atoms with Crippen molar-refractivity contribution in [3.05, 3.63) is 47.1 Å². The molecule has 1 N–H and O–H groups in total. The third-order valence-corrected chi connectivity index (χ3v) is 4.54. The van der Waals surface area contributed by atoms with Crippen molar-refractivity contribution in [2.75, 3.05) is 11.9 Å². The highest BCUT2D eigenvalue weighted by molar-refractivity contribution is 7.16. The van der Waals surface area contributed by atoms with Gasteiger partial charge in [-0.25, -0.2) is 4.98 Å². The lowest BCUT2D eigenvalue weighted by molar-refractivity contribution is 0.102. The molecule has 0 unspecified atom stereocenters. The molecule has 3 rings (SSSR count). The first-order valence-electron chi connectivity index (χ1n) is 8.16. The Hall–Kier alpha value is -2.67. The molecule has 7 heteroatoms. The molecule has 0 atom stereocenters. The van der Waals surface area contributed by atoms with Crippen LogP contribution in [-0.4, -0.2) is 27.3 Å². The molecule has 0 aliphatic rings. The van der Waals surface area contributed by atoms with Crippen molar-refractivity contribution < 1.29 is 9.53 Å². The predicted octanol–water partition coefficient (Wildman–Crippen LogP) is 3.99. The molecule has 0 fully saturated rings. The van der Waals surface area contributed by atoms with Crippen LogP contribution in [-0.2, 0) is 6.54 Å². The van der Waals surface area contributed by atoms with Crippen LogP contribution in [0.25, 0.3) is 11.3 Å². The molecule has 2 heterocycles. The standard InChI is InChI=1S/C18H20N4O2S/c1-4-22-11-10-15(21-22)17(23)20-18-19-16(12(3)25-18)13-6-8-14(9-7-13)24-5-2/h6-11H,4-5H2,1-3H3,(H,19,20,23). The van der Waals surface area contributed by atoms with E-state index in [0.29, 0.717) is 17.4 Å². The van der Waals surface area contributed by atoms with Crippen LogP contribution in [0.4, 0.5) is 5.13 Å². The lowest BCUT2D eigenvalue weighted by atomic mass is 10.1. The number of anilines is 1. The van der Waals surface area contributed by atoms with Crippen LogP contribution in [0.2, 0.25) is 0 Å². The summed E-state index contributed by atoms with van der Waals surface area (Å²) in [6.45, 7) is 7.29. The van der Waals surface area contributed by atoms with Crippen molar-refractivity contribution >= 4 is 22.4 Å². The number of rotatable bonds is 6. The first kappa shape index (κ1) is 17.2. The molecule has 25 heavy (non-hydrogen) atoms. The number of nitrogens with one attached hydrogen (secondary N) is 1. The minimum atomic E-state index is -0.251. The molecule has 0 aliphatic carbocycles. The minimum Gasteiger partial charge on any atom is -0.494 e. The van der Waals surface area contributed by atoms with Gasteiger partial charge in [0.2, 0.25) is 0 Å². The van der Waals surface area contributed by atoms with Gasteiger partial charge in [-0.2, -0.15) is 5.10 Å². The SMILES string of the molecule is CCOc1ccc(-c2nc(NC(=O)c3ccn(CC)n3)sc2C)cc1. The summed E-state index contributed by atoms with van der Waals surface area (Å²) in [5.41, 5.74) is 2.24. The highest BCUT2D eigenvalue weighted by atomic mass is 32.1. The molecule has 1 amide bonds. The topological polar surface area (TPSA) is 69.0 Å². The van der Waals surface area contributed by atoms with Crippen molar-refractivity contribution in [3.63, 3.8) is 0 Å². The third-order valence-electron chi connectivity index (χ3n) is 3.65. The van der Waals surface area contributed by atoms with Gasteiger partial charge in [-0.15, -0.1) is 11.3 Å². The van der Waals surface area contributed by atoms with E-state index < -0.39 is 0 Å². The Morgan fingerprint density at radius 2 is 2.00 bits per heavy atom. The van der Waals surface area contributed by atoms with E-state index in [0.717, 1.165) is 28.4 Å². The molecule has 1 aromatic carbocycles. The number of ether oxygens (including phenoxy) is 1. The van der Waals surface area contributed by atoms with E-state index >= 15 is 0 Å². The van der Waals surface area contributed by atoms with Crippen molar-refractivity contribution in [1.29, 1.82) is 0 Å². The fourth-order valence-electron chi connectivity index (χ4n) is 2.41. The highest BCUT2D eigenvalue weighted by Gasteiger charge is 2.15. The summed E-state index contributed by atoms with van der Waals surface area (Å²) in [4.78, 5) is 17.9. The minimum absolute atomic E-state index is 0.251. The summed E-state index contributed by atoms with van der Waals surface area (Å²) in [6, 6.07) is 9.50. The zero-order valence-corrected chi connectivity index (χ0v) is 15.3. The van der Waals surface area contributed by atoms with Crippen molar-refractivity contribution in [1.82, 2.24) is 14.8 Å². The zero-order chi connectivity index (χ0) is 17.8. The quantitative estimate of drug-likeness (QED) is 0.725. The molecule has 0 spiro atoms. The molecular weight excluding hydrogens is 336 g/mol. The Morgan fingerprint density at radius 1 is 1.24 bits per heavy atom. The first-order chi connectivity index (χ1) is 12.1. The van der Waals surface area contributed by atoms with E-state index in [4.69, 9.17) is 4.74 Å². The molecular formula is C18H20N4O2S. The van der Waals surface area contributed by atoms with Crippen molar-refractivity contribution in [3.8, 4) is 17.0 Å². The van der Waals surface area contributed by atoms with Crippen molar-refractivity contribution in [2.45, 2.75) is 27.3 Å². The highest BCUT2D eigenvalue weighted by Crippen LogP contribution is 2.31. The maximum Gasteiger partial charge on any atom is 0.277 e. The van der Waals surface area contributed by atoms with E-state index in [9.17, 15) is 4.79 Å². The van der Waals surface area contributed by atoms with Gasteiger partial charge in [0, 0.05) is 23.2 Å². The number of nitrogens with zero attached hydrogens (tertiary/aromatic N) is 3. The average Bonchev–Trinajstić information content (AvgIpc) is 3.22. The zero-order valence-electron chi connectivity index (χ0n) is 14.4. The Bertz CT molecular complexity index is 868. The second-order valence-corrected chi connectivity index (χ2v) is 6.60. The summed E-state index contributed by atoms with van der Waals surface area (Å²) in [7, 11) is 0. The number of carbonyl (C=O) groups is 1. The van der Waals surface area contributed by atoms with Crippen LogP contribution in [0, 0.1) is 6.92 Å². The molecule has 0 saturated heterocycles. The average molecular weight is 356 g/mol. The maximum absolute atomic E-state index is 12.3. The number of hydrogen-bond acceptors (Lipinski definition) is 5. The van der Waals surface area contributed by atoms with E-state index in [1.165, 1.54) is 11.3 Å². The Kier molecular flexibility index (Phi) is 5.14. The van der Waals surface area contributed by atoms with Crippen LogP contribution in [0.1, 0.15) is 29.2 Å². The monoisotopic (exact) mass is 356 g/mol. The number of hydrogen-bond donors (Lipinski definition) is 1. The van der Waals surface area contributed by atoms with Crippen LogP contribution < -0.4 is 10.1 Å². The summed E-state index contributed by atoms with van der Waals surface area (Å²) in [5.74, 6) is 0.582. The smallest absolute Gasteiger partial charge is 0.277 e. The van der Waals surface area contributed by atoms with Crippen LogP contribution in [0.5, 0.6) is 5.75 Å². The van der Waals surface area contributed by atoms with Crippen molar-refractivity contribution in [2.24, 2.45) is 0 Å². The second-order valence-electron chi connectivity index (χ2n) is 5.39. The molecule has 2 aromatic heterocycles. The van der Waals surface area contributed by atoms with Gasteiger partial charge in [0.05, 0.1) is 12.3 Å². The number of benzene rings is 1. The summed E-state index contributed by atoms with van der Waals surface area (Å²) in [5, 5.41) is 7.60. The number of aromatic nitrogens is 3. The predicted molar refractivity (Wildman–Crippen MR) is 99.3 cm³/mol. The number of aryl methyl sites for hydroxylation is 2.